The summed E-state index contributed by atoms with van der Waals surface area (Å²) < 4.78 is 16.5. The molecule has 0 radical (unpaired) electrons. The Kier molecular flexibility index (Phi) is 2.87. The quantitative estimate of drug-likeness (QED) is 0.760. The monoisotopic (exact) mass is 251 g/mol. The Morgan fingerprint density at radius 1 is 1.28 bits per heavy atom. The molecular formula is C13H17NO4. The third kappa shape index (κ3) is 1.93. The minimum atomic E-state index is -0.436. The van der Waals surface area contributed by atoms with E-state index in [9.17, 15) is 4.79 Å². The van der Waals surface area contributed by atoms with Gasteiger partial charge in [-0.2, -0.15) is 0 Å². The Hall–Kier alpha value is -1.33. The highest BCUT2D eigenvalue weighted by molar-refractivity contribution is 5.92. The summed E-state index contributed by atoms with van der Waals surface area (Å²) >= 11 is 0. The van der Waals surface area contributed by atoms with E-state index in [1.54, 1.807) is 6.26 Å². The molecule has 0 saturated carbocycles. The summed E-state index contributed by atoms with van der Waals surface area (Å²) in [5, 5.41) is 0. The summed E-state index contributed by atoms with van der Waals surface area (Å²) in [5.74, 6) is -0.0285. The van der Waals surface area contributed by atoms with E-state index in [0.29, 0.717) is 32.1 Å². The van der Waals surface area contributed by atoms with Crippen LogP contribution in [-0.2, 0) is 9.47 Å². The first-order chi connectivity index (χ1) is 8.70. The molecule has 3 heterocycles. The van der Waals surface area contributed by atoms with Gasteiger partial charge in [0.25, 0.3) is 5.91 Å². The topological polar surface area (TPSA) is 51.9 Å². The van der Waals surface area contributed by atoms with Gasteiger partial charge in [0.15, 0.2) is 11.5 Å². The van der Waals surface area contributed by atoms with Crippen LogP contribution in [-0.4, -0.2) is 42.9 Å². The van der Waals surface area contributed by atoms with Crippen molar-refractivity contribution >= 4 is 5.91 Å². The second-order valence-corrected chi connectivity index (χ2v) is 4.83. The zero-order valence-corrected chi connectivity index (χ0v) is 10.5. The van der Waals surface area contributed by atoms with Crippen LogP contribution in [0.4, 0.5) is 0 Å². The highest BCUT2D eigenvalue weighted by Gasteiger charge is 2.41. The van der Waals surface area contributed by atoms with Crippen LogP contribution >= 0.6 is 0 Å². The Balaban J connectivity index is 1.66. The standard InChI is InChI=1S/C13H17NO4/c1-10-2-7-16-11(10)12(15)14-5-3-13(4-6-14)17-8-9-18-13/h2,7H,3-6,8-9H2,1H3. The summed E-state index contributed by atoms with van der Waals surface area (Å²) in [4.78, 5) is 14.0. The lowest BCUT2D eigenvalue weighted by Crippen LogP contribution is -2.47. The molecule has 0 N–H and O–H groups in total. The normalized spacial score (nSPS) is 22.6. The van der Waals surface area contributed by atoms with E-state index < -0.39 is 5.79 Å². The highest BCUT2D eigenvalue weighted by atomic mass is 16.7. The first-order valence-corrected chi connectivity index (χ1v) is 6.31. The number of ether oxygens (including phenoxy) is 2. The average molecular weight is 251 g/mol. The van der Waals surface area contributed by atoms with Crippen molar-refractivity contribution in [2.45, 2.75) is 25.6 Å². The van der Waals surface area contributed by atoms with Gasteiger partial charge in [0.1, 0.15) is 0 Å². The summed E-state index contributed by atoms with van der Waals surface area (Å²) in [6, 6.07) is 1.81. The Morgan fingerprint density at radius 3 is 2.50 bits per heavy atom. The van der Waals surface area contributed by atoms with Gasteiger partial charge in [-0.05, 0) is 13.0 Å². The number of aryl methyl sites for hydroxylation is 1. The minimum absolute atomic E-state index is 0.0367. The molecule has 0 unspecified atom stereocenters. The molecule has 0 aliphatic carbocycles. The lowest BCUT2D eigenvalue weighted by Gasteiger charge is -2.37. The fourth-order valence-electron chi connectivity index (χ4n) is 2.57. The van der Waals surface area contributed by atoms with E-state index in [1.807, 2.05) is 17.9 Å². The predicted molar refractivity (Wildman–Crippen MR) is 63.2 cm³/mol. The summed E-state index contributed by atoms with van der Waals surface area (Å²) in [5.41, 5.74) is 0.883. The van der Waals surface area contributed by atoms with Crippen LogP contribution in [0.3, 0.4) is 0 Å². The van der Waals surface area contributed by atoms with E-state index in [-0.39, 0.29) is 5.91 Å². The minimum Gasteiger partial charge on any atom is -0.459 e. The molecule has 5 heteroatoms. The lowest BCUT2D eigenvalue weighted by atomic mass is 10.0. The smallest absolute Gasteiger partial charge is 0.289 e. The largest absolute Gasteiger partial charge is 0.459 e. The number of hydrogen-bond donors (Lipinski definition) is 0. The number of likely N-dealkylation sites (tertiary alicyclic amines) is 1. The van der Waals surface area contributed by atoms with Crippen molar-refractivity contribution < 1.29 is 18.7 Å². The maximum absolute atomic E-state index is 12.2. The predicted octanol–water partition coefficient (Wildman–Crippen LogP) is 1.57. The first-order valence-electron chi connectivity index (χ1n) is 6.31. The van der Waals surface area contributed by atoms with Gasteiger partial charge in [0.05, 0.1) is 19.5 Å². The van der Waals surface area contributed by atoms with Gasteiger partial charge >= 0.3 is 0 Å². The Labute approximate surface area is 106 Å². The average Bonchev–Trinajstić information content (AvgIpc) is 2.99. The number of piperidine rings is 1. The summed E-state index contributed by atoms with van der Waals surface area (Å²) in [6.45, 7) is 4.50. The van der Waals surface area contributed by atoms with E-state index in [1.165, 1.54) is 0 Å². The third-order valence-electron chi connectivity index (χ3n) is 3.68. The molecule has 0 bridgehead atoms. The number of furan rings is 1. The Morgan fingerprint density at radius 2 is 1.94 bits per heavy atom. The van der Waals surface area contributed by atoms with Gasteiger partial charge < -0.3 is 18.8 Å². The molecule has 1 aromatic heterocycles. The summed E-state index contributed by atoms with van der Waals surface area (Å²) in [6.07, 6.45) is 3.02. The van der Waals surface area contributed by atoms with Crippen molar-refractivity contribution in [3.05, 3.63) is 23.7 Å². The van der Waals surface area contributed by atoms with Crippen molar-refractivity contribution in [2.24, 2.45) is 0 Å². The van der Waals surface area contributed by atoms with Crippen molar-refractivity contribution in [2.75, 3.05) is 26.3 Å². The molecule has 18 heavy (non-hydrogen) atoms. The molecule has 1 spiro atoms. The molecule has 3 rings (SSSR count). The highest BCUT2D eigenvalue weighted by Crippen LogP contribution is 2.31. The number of amides is 1. The maximum Gasteiger partial charge on any atom is 0.289 e. The van der Waals surface area contributed by atoms with Crippen LogP contribution < -0.4 is 0 Å². The van der Waals surface area contributed by atoms with Gasteiger partial charge in [-0.1, -0.05) is 0 Å². The van der Waals surface area contributed by atoms with Crippen LogP contribution in [0.5, 0.6) is 0 Å². The number of carbonyl (C=O) groups is 1. The van der Waals surface area contributed by atoms with E-state index in [4.69, 9.17) is 13.9 Å². The Bertz CT molecular complexity index is 438. The molecule has 1 amide bonds. The van der Waals surface area contributed by atoms with Crippen LogP contribution in [0.1, 0.15) is 29.0 Å². The fourth-order valence-corrected chi connectivity index (χ4v) is 2.57. The SMILES string of the molecule is Cc1ccoc1C(=O)N1CCC2(CC1)OCCO2. The van der Waals surface area contributed by atoms with Crippen molar-refractivity contribution in [1.82, 2.24) is 4.90 Å². The molecular weight excluding hydrogens is 234 g/mol. The molecule has 1 aromatic rings. The van der Waals surface area contributed by atoms with Crippen LogP contribution in [0, 0.1) is 6.92 Å². The molecule has 98 valence electrons. The second-order valence-electron chi connectivity index (χ2n) is 4.83. The zero-order chi connectivity index (χ0) is 12.6. The number of hydrogen-bond acceptors (Lipinski definition) is 4. The first kappa shape index (κ1) is 11.7. The van der Waals surface area contributed by atoms with Gasteiger partial charge in [-0.15, -0.1) is 0 Å². The molecule has 2 aliphatic heterocycles. The molecule has 2 fully saturated rings. The van der Waals surface area contributed by atoms with Gasteiger partial charge in [-0.25, -0.2) is 0 Å². The third-order valence-corrected chi connectivity index (χ3v) is 3.68. The van der Waals surface area contributed by atoms with Crippen LogP contribution in [0.2, 0.25) is 0 Å². The van der Waals surface area contributed by atoms with E-state index >= 15 is 0 Å². The molecule has 2 aliphatic rings. The fraction of sp³-hybridized carbons (Fsp3) is 0.615. The number of rotatable bonds is 1. The maximum atomic E-state index is 12.2. The molecule has 0 atom stereocenters. The van der Waals surface area contributed by atoms with Crippen LogP contribution in [0.15, 0.2) is 16.7 Å². The number of nitrogens with zero attached hydrogens (tertiary/aromatic N) is 1. The van der Waals surface area contributed by atoms with E-state index in [0.717, 1.165) is 18.4 Å². The van der Waals surface area contributed by atoms with Gasteiger partial charge in [-0.3, -0.25) is 4.79 Å². The molecule has 0 aromatic carbocycles. The van der Waals surface area contributed by atoms with Crippen molar-refractivity contribution in [1.29, 1.82) is 0 Å². The van der Waals surface area contributed by atoms with E-state index in [2.05, 4.69) is 0 Å². The zero-order valence-electron chi connectivity index (χ0n) is 10.5. The van der Waals surface area contributed by atoms with Crippen LogP contribution in [0.25, 0.3) is 0 Å². The summed E-state index contributed by atoms with van der Waals surface area (Å²) in [7, 11) is 0. The van der Waals surface area contributed by atoms with Gasteiger partial charge in [0, 0.05) is 31.5 Å². The number of carbonyl (C=O) groups excluding carboxylic acids is 1. The molecule has 5 nitrogen and oxygen atoms in total. The van der Waals surface area contributed by atoms with Crippen molar-refractivity contribution in [3.8, 4) is 0 Å². The lowest BCUT2D eigenvalue weighted by molar-refractivity contribution is -0.181. The van der Waals surface area contributed by atoms with Crippen molar-refractivity contribution in [3.63, 3.8) is 0 Å². The second kappa shape index (κ2) is 4.40. The van der Waals surface area contributed by atoms with Gasteiger partial charge in [0.2, 0.25) is 0 Å². The molecule has 2 saturated heterocycles.